The minimum absolute atomic E-state index is 0.0183. The lowest BCUT2D eigenvalue weighted by Crippen LogP contribution is -2.45. The van der Waals surface area contributed by atoms with Crippen LogP contribution in [0.2, 0.25) is 0 Å². The summed E-state index contributed by atoms with van der Waals surface area (Å²) in [5, 5.41) is 0. The van der Waals surface area contributed by atoms with Crippen molar-refractivity contribution in [1.29, 1.82) is 0 Å². The number of carbonyl (C=O) groups excluding carboxylic acids is 3. The fourth-order valence-corrected chi connectivity index (χ4v) is 5.11. The average Bonchev–Trinajstić information content (AvgIpc) is 3.06. The van der Waals surface area contributed by atoms with Crippen LogP contribution in [-0.4, -0.2) is 66.1 Å². The SMILES string of the molecule is COC(=O)C1CCN(C(=O)C2CC(=O)N(Cc3ccc(OC)cc3OC)C2I)CC1. The van der Waals surface area contributed by atoms with E-state index in [0.29, 0.717) is 44.0 Å². The summed E-state index contributed by atoms with van der Waals surface area (Å²) in [6, 6.07) is 5.49. The van der Waals surface area contributed by atoms with Gasteiger partial charge in [0.2, 0.25) is 11.8 Å². The first-order chi connectivity index (χ1) is 14.4. The second-order valence-corrected chi connectivity index (χ2v) is 8.78. The standard InChI is InChI=1S/C21H27IN2O6/c1-28-15-5-4-14(17(10-15)29-2)12-24-18(25)11-16(19(24)22)20(26)23-8-6-13(7-9-23)21(27)30-3/h4-5,10,13,16,19H,6-9,11-12H2,1-3H3. The van der Waals surface area contributed by atoms with Crippen LogP contribution in [0.5, 0.6) is 11.5 Å². The fraction of sp³-hybridized carbons (Fsp3) is 0.571. The first-order valence-corrected chi connectivity index (χ1v) is 11.1. The van der Waals surface area contributed by atoms with Gasteiger partial charge in [-0.05, 0) is 25.0 Å². The van der Waals surface area contributed by atoms with Crippen LogP contribution in [0.3, 0.4) is 0 Å². The number of carbonyl (C=O) groups is 3. The second-order valence-electron chi connectivity index (χ2n) is 7.51. The highest BCUT2D eigenvalue weighted by atomic mass is 127. The van der Waals surface area contributed by atoms with E-state index in [4.69, 9.17) is 14.2 Å². The van der Waals surface area contributed by atoms with Gasteiger partial charge in [-0.1, -0.05) is 22.6 Å². The number of nitrogens with zero attached hydrogens (tertiary/aromatic N) is 2. The van der Waals surface area contributed by atoms with Crippen molar-refractivity contribution < 1.29 is 28.6 Å². The molecule has 0 bridgehead atoms. The molecule has 2 fully saturated rings. The van der Waals surface area contributed by atoms with Crippen molar-refractivity contribution in [2.24, 2.45) is 11.8 Å². The van der Waals surface area contributed by atoms with E-state index in [2.05, 4.69) is 22.6 Å². The molecule has 0 N–H and O–H groups in total. The number of ether oxygens (including phenoxy) is 3. The van der Waals surface area contributed by atoms with Crippen LogP contribution in [0.15, 0.2) is 18.2 Å². The summed E-state index contributed by atoms with van der Waals surface area (Å²) < 4.78 is 15.2. The van der Waals surface area contributed by atoms with E-state index in [9.17, 15) is 14.4 Å². The Kier molecular flexibility index (Phi) is 7.43. The number of methoxy groups -OCH3 is 3. The van der Waals surface area contributed by atoms with Crippen LogP contribution in [0.25, 0.3) is 0 Å². The molecule has 2 amide bonds. The second kappa shape index (κ2) is 9.84. The third kappa shape index (κ3) is 4.65. The van der Waals surface area contributed by atoms with E-state index in [1.54, 1.807) is 30.1 Å². The smallest absolute Gasteiger partial charge is 0.308 e. The molecule has 2 aliphatic rings. The molecule has 2 aliphatic heterocycles. The van der Waals surface area contributed by atoms with E-state index >= 15 is 0 Å². The molecule has 164 valence electrons. The summed E-state index contributed by atoms with van der Waals surface area (Å²) in [5.74, 6) is 0.494. The molecule has 2 unspecified atom stereocenters. The maximum absolute atomic E-state index is 13.1. The third-order valence-electron chi connectivity index (χ3n) is 5.84. The van der Waals surface area contributed by atoms with Crippen molar-refractivity contribution in [2.45, 2.75) is 29.9 Å². The minimum atomic E-state index is -0.392. The van der Waals surface area contributed by atoms with E-state index in [-0.39, 0.29) is 34.2 Å². The average molecular weight is 530 g/mol. The van der Waals surface area contributed by atoms with Gasteiger partial charge >= 0.3 is 5.97 Å². The number of hydrogen-bond acceptors (Lipinski definition) is 6. The molecule has 0 saturated carbocycles. The summed E-state index contributed by atoms with van der Waals surface area (Å²) in [5.41, 5.74) is 0.861. The quantitative estimate of drug-likeness (QED) is 0.243. The molecule has 1 aromatic rings. The van der Waals surface area contributed by atoms with E-state index in [0.717, 1.165) is 5.56 Å². The van der Waals surface area contributed by atoms with Gasteiger partial charge in [-0.3, -0.25) is 14.4 Å². The van der Waals surface area contributed by atoms with Crippen LogP contribution < -0.4 is 9.47 Å². The van der Waals surface area contributed by atoms with Crippen molar-refractivity contribution in [2.75, 3.05) is 34.4 Å². The van der Waals surface area contributed by atoms with Gasteiger partial charge in [-0.2, -0.15) is 0 Å². The number of amides is 2. The number of alkyl halides is 1. The third-order valence-corrected chi connectivity index (χ3v) is 7.38. The number of esters is 1. The monoisotopic (exact) mass is 530 g/mol. The lowest BCUT2D eigenvalue weighted by molar-refractivity contribution is -0.149. The van der Waals surface area contributed by atoms with Crippen molar-refractivity contribution in [3.05, 3.63) is 23.8 Å². The van der Waals surface area contributed by atoms with Gasteiger partial charge in [-0.25, -0.2) is 0 Å². The Labute approximate surface area is 190 Å². The zero-order valence-corrected chi connectivity index (χ0v) is 19.6. The summed E-state index contributed by atoms with van der Waals surface area (Å²) in [6.07, 6.45) is 1.39. The molecular weight excluding hydrogens is 503 g/mol. The highest BCUT2D eigenvalue weighted by Gasteiger charge is 2.44. The summed E-state index contributed by atoms with van der Waals surface area (Å²) in [7, 11) is 4.55. The van der Waals surface area contributed by atoms with Crippen LogP contribution in [-0.2, 0) is 25.7 Å². The van der Waals surface area contributed by atoms with E-state index < -0.39 is 5.92 Å². The Balaban J connectivity index is 1.66. The fourth-order valence-electron chi connectivity index (χ4n) is 4.04. The number of rotatable bonds is 6. The van der Waals surface area contributed by atoms with Crippen molar-refractivity contribution in [1.82, 2.24) is 9.80 Å². The predicted octanol–water partition coefficient (Wildman–Crippen LogP) is 2.22. The molecule has 0 radical (unpaired) electrons. The lowest BCUT2D eigenvalue weighted by Gasteiger charge is -2.33. The van der Waals surface area contributed by atoms with Gasteiger partial charge in [-0.15, -0.1) is 0 Å². The maximum Gasteiger partial charge on any atom is 0.308 e. The summed E-state index contributed by atoms with van der Waals surface area (Å²) >= 11 is 2.19. The van der Waals surface area contributed by atoms with Gasteiger partial charge in [0.1, 0.15) is 11.5 Å². The van der Waals surface area contributed by atoms with Crippen LogP contribution in [0.4, 0.5) is 0 Å². The number of piperidine rings is 1. The number of likely N-dealkylation sites (tertiary alicyclic amines) is 2. The zero-order valence-electron chi connectivity index (χ0n) is 17.4. The van der Waals surface area contributed by atoms with Crippen LogP contribution >= 0.6 is 22.6 Å². The topological polar surface area (TPSA) is 85.4 Å². The molecule has 0 aromatic heterocycles. The van der Waals surface area contributed by atoms with E-state index in [1.165, 1.54) is 7.11 Å². The van der Waals surface area contributed by atoms with Crippen molar-refractivity contribution in [3.63, 3.8) is 0 Å². The normalized spacial score (nSPS) is 22.2. The maximum atomic E-state index is 13.1. The summed E-state index contributed by atoms with van der Waals surface area (Å²) in [6.45, 7) is 1.39. The largest absolute Gasteiger partial charge is 0.497 e. The van der Waals surface area contributed by atoms with Gasteiger partial charge in [0, 0.05) is 31.1 Å². The molecule has 0 spiro atoms. The number of hydrogen-bond donors (Lipinski definition) is 0. The van der Waals surface area contributed by atoms with Crippen LogP contribution in [0, 0.1) is 11.8 Å². The Bertz CT molecular complexity index is 809. The highest BCUT2D eigenvalue weighted by molar-refractivity contribution is 14.1. The predicted molar refractivity (Wildman–Crippen MR) is 117 cm³/mol. The Hall–Kier alpha value is -2.04. The molecule has 0 aliphatic carbocycles. The minimum Gasteiger partial charge on any atom is -0.497 e. The first-order valence-electron chi connectivity index (χ1n) is 9.90. The first kappa shape index (κ1) is 22.6. The summed E-state index contributed by atoms with van der Waals surface area (Å²) in [4.78, 5) is 41.0. The molecule has 8 nitrogen and oxygen atoms in total. The van der Waals surface area contributed by atoms with Crippen LogP contribution in [0.1, 0.15) is 24.8 Å². The molecule has 2 saturated heterocycles. The van der Waals surface area contributed by atoms with Gasteiger partial charge in [0.05, 0.1) is 43.8 Å². The van der Waals surface area contributed by atoms with Crippen molar-refractivity contribution in [3.8, 4) is 11.5 Å². The molecular formula is C21H27IN2O6. The lowest BCUT2D eigenvalue weighted by atomic mass is 9.95. The van der Waals surface area contributed by atoms with Gasteiger partial charge in [0.25, 0.3) is 0 Å². The Morgan fingerprint density at radius 3 is 2.43 bits per heavy atom. The number of benzene rings is 1. The number of halogens is 1. The molecule has 3 rings (SSSR count). The van der Waals surface area contributed by atoms with E-state index in [1.807, 2.05) is 12.1 Å². The molecule has 1 aromatic carbocycles. The zero-order chi connectivity index (χ0) is 21.8. The van der Waals surface area contributed by atoms with Gasteiger partial charge < -0.3 is 24.0 Å². The highest BCUT2D eigenvalue weighted by Crippen LogP contribution is 2.36. The molecule has 30 heavy (non-hydrogen) atoms. The van der Waals surface area contributed by atoms with Gasteiger partial charge in [0.15, 0.2) is 0 Å². The Morgan fingerprint density at radius 1 is 1.13 bits per heavy atom. The molecule has 2 heterocycles. The molecule has 9 heteroatoms. The van der Waals surface area contributed by atoms with Crippen molar-refractivity contribution >= 4 is 40.4 Å². The molecule has 2 atom stereocenters. The Morgan fingerprint density at radius 2 is 1.83 bits per heavy atom.